The highest BCUT2D eigenvalue weighted by Crippen LogP contribution is 2.09. The molecule has 2 aromatic rings. The molecule has 0 bridgehead atoms. The van der Waals surface area contributed by atoms with E-state index in [1.54, 1.807) is 7.11 Å². The molecule has 0 aromatic heterocycles. The molecule has 28 heavy (non-hydrogen) atoms. The zero-order valence-corrected chi connectivity index (χ0v) is 16.9. The van der Waals surface area contributed by atoms with Gasteiger partial charge in [0, 0.05) is 26.7 Å². The van der Waals surface area contributed by atoms with Crippen molar-refractivity contribution in [3.05, 3.63) is 71.8 Å². The van der Waals surface area contributed by atoms with Crippen LogP contribution in [0.2, 0.25) is 0 Å². The third-order valence-electron chi connectivity index (χ3n) is 4.23. The van der Waals surface area contributed by atoms with Crippen LogP contribution in [0.4, 0.5) is 0 Å². The van der Waals surface area contributed by atoms with Crippen LogP contribution < -0.4 is 0 Å². The van der Waals surface area contributed by atoms with Crippen molar-refractivity contribution in [2.45, 2.75) is 13.1 Å². The van der Waals surface area contributed by atoms with Crippen LogP contribution in [0.25, 0.3) is 0 Å². The smallest absolute Gasteiger partial charge is 0.0701 e. The molecule has 0 saturated carbocycles. The highest BCUT2D eigenvalue weighted by molar-refractivity contribution is 5.17. The van der Waals surface area contributed by atoms with E-state index in [4.69, 9.17) is 18.9 Å². The Morgan fingerprint density at radius 3 is 1.46 bits per heavy atom. The van der Waals surface area contributed by atoms with E-state index in [1.165, 1.54) is 11.1 Å². The molecule has 0 saturated heterocycles. The fourth-order valence-electron chi connectivity index (χ4n) is 2.78. The Labute approximate surface area is 169 Å². The summed E-state index contributed by atoms with van der Waals surface area (Å²) in [5, 5.41) is 0. The van der Waals surface area contributed by atoms with Crippen LogP contribution >= 0.6 is 0 Å². The number of ether oxygens (including phenoxy) is 4. The Kier molecular flexibility index (Phi) is 12.2. The monoisotopic (exact) mass is 387 g/mol. The first kappa shape index (κ1) is 22.5. The van der Waals surface area contributed by atoms with Gasteiger partial charge in [-0.1, -0.05) is 60.7 Å². The zero-order valence-electron chi connectivity index (χ0n) is 16.9. The largest absolute Gasteiger partial charge is 0.382 e. The van der Waals surface area contributed by atoms with Crippen molar-refractivity contribution in [3.8, 4) is 0 Å². The molecular formula is C23H33NO4. The molecule has 0 radical (unpaired) electrons. The summed E-state index contributed by atoms with van der Waals surface area (Å²) in [4.78, 5) is 2.41. The lowest BCUT2D eigenvalue weighted by atomic mass is 10.1. The van der Waals surface area contributed by atoms with Crippen molar-refractivity contribution in [1.82, 2.24) is 4.90 Å². The first-order valence-corrected chi connectivity index (χ1v) is 9.91. The van der Waals surface area contributed by atoms with Gasteiger partial charge >= 0.3 is 0 Å². The summed E-state index contributed by atoms with van der Waals surface area (Å²) in [6.45, 7) is 6.97. The molecular weight excluding hydrogens is 354 g/mol. The Morgan fingerprint density at radius 1 is 0.571 bits per heavy atom. The van der Waals surface area contributed by atoms with Gasteiger partial charge in [0.15, 0.2) is 0 Å². The zero-order chi connectivity index (χ0) is 19.7. The van der Waals surface area contributed by atoms with Crippen molar-refractivity contribution >= 4 is 0 Å². The van der Waals surface area contributed by atoms with Crippen molar-refractivity contribution in [1.29, 1.82) is 0 Å². The van der Waals surface area contributed by atoms with E-state index in [0.717, 1.165) is 19.6 Å². The van der Waals surface area contributed by atoms with Gasteiger partial charge in [-0.05, 0) is 11.1 Å². The predicted molar refractivity (Wildman–Crippen MR) is 111 cm³/mol. The van der Waals surface area contributed by atoms with Crippen molar-refractivity contribution in [3.63, 3.8) is 0 Å². The lowest BCUT2D eigenvalue weighted by Gasteiger charge is -2.22. The molecule has 0 unspecified atom stereocenters. The van der Waals surface area contributed by atoms with Gasteiger partial charge in [0.25, 0.3) is 0 Å². The van der Waals surface area contributed by atoms with Crippen LogP contribution in [0.15, 0.2) is 60.7 Å². The Morgan fingerprint density at radius 2 is 1.00 bits per heavy atom. The number of methoxy groups -OCH3 is 1. The number of hydrogen-bond donors (Lipinski definition) is 0. The topological polar surface area (TPSA) is 40.2 Å². The van der Waals surface area contributed by atoms with Crippen LogP contribution in [-0.2, 0) is 32.0 Å². The molecule has 2 aromatic carbocycles. The second kappa shape index (κ2) is 15.2. The maximum atomic E-state index is 5.76. The maximum Gasteiger partial charge on any atom is 0.0701 e. The van der Waals surface area contributed by atoms with Crippen molar-refractivity contribution < 1.29 is 18.9 Å². The fourth-order valence-corrected chi connectivity index (χ4v) is 2.78. The number of rotatable bonds is 16. The van der Waals surface area contributed by atoms with Crippen LogP contribution in [-0.4, -0.2) is 64.8 Å². The third-order valence-corrected chi connectivity index (χ3v) is 4.23. The average Bonchev–Trinajstić information content (AvgIpc) is 2.73. The first-order chi connectivity index (χ1) is 13.9. The van der Waals surface area contributed by atoms with Crippen molar-refractivity contribution in [2.24, 2.45) is 0 Å². The van der Waals surface area contributed by atoms with Gasteiger partial charge in [0.1, 0.15) is 0 Å². The summed E-state index contributed by atoms with van der Waals surface area (Å²) < 4.78 is 21.5. The first-order valence-electron chi connectivity index (χ1n) is 9.91. The molecule has 0 aliphatic heterocycles. The molecule has 0 fully saturated rings. The second-order valence-electron chi connectivity index (χ2n) is 6.51. The van der Waals surface area contributed by atoms with Gasteiger partial charge < -0.3 is 18.9 Å². The molecule has 5 nitrogen and oxygen atoms in total. The normalized spacial score (nSPS) is 11.2. The summed E-state index contributed by atoms with van der Waals surface area (Å²) in [7, 11) is 1.66. The van der Waals surface area contributed by atoms with Crippen LogP contribution in [0, 0.1) is 0 Å². The van der Waals surface area contributed by atoms with Crippen molar-refractivity contribution in [2.75, 3.05) is 59.9 Å². The second-order valence-corrected chi connectivity index (χ2v) is 6.51. The summed E-state index contributed by atoms with van der Waals surface area (Å²) in [6.07, 6.45) is 0. The minimum Gasteiger partial charge on any atom is -0.382 e. The molecule has 0 spiro atoms. The minimum atomic E-state index is 0.585. The maximum absolute atomic E-state index is 5.76. The molecule has 0 aliphatic carbocycles. The fraction of sp³-hybridized carbons (Fsp3) is 0.478. The molecule has 0 atom stereocenters. The minimum absolute atomic E-state index is 0.585. The number of benzene rings is 2. The van der Waals surface area contributed by atoms with E-state index < -0.39 is 0 Å². The molecule has 0 N–H and O–H groups in total. The quantitative estimate of drug-likeness (QED) is 0.413. The Hall–Kier alpha value is -1.76. The highest BCUT2D eigenvalue weighted by atomic mass is 16.6. The van der Waals surface area contributed by atoms with Gasteiger partial charge in [-0.15, -0.1) is 0 Å². The summed E-state index contributed by atoms with van der Waals surface area (Å²) >= 11 is 0. The lowest BCUT2D eigenvalue weighted by molar-refractivity contribution is 0.000510. The molecule has 0 amide bonds. The Bertz CT molecular complexity index is 553. The molecule has 0 aliphatic rings. The summed E-state index contributed by atoms with van der Waals surface area (Å²) in [5.74, 6) is 0. The van der Waals surface area contributed by atoms with Gasteiger partial charge in [-0.3, -0.25) is 4.90 Å². The molecule has 154 valence electrons. The summed E-state index contributed by atoms with van der Waals surface area (Å²) in [5.41, 5.74) is 2.63. The van der Waals surface area contributed by atoms with Gasteiger partial charge in [0.05, 0.1) is 46.2 Å². The number of hydrogen-bond acceptors (Lipinski definition) is 5. The van der Waals surface area contributed by atoms with E-state index in [-0.39, 0.29) is 0 Å². The van der Waals surface area contributed by atoms with Crippen LogP contribution in [0.3, 0.4) is 0 Å². The predicted octanol–water partition coefficient (Wildman–Crippen LogP) is 3.39. The van der Waals surface area contributed by atoms with Crippen LogP contribution in [0.1, 0.15) is 11.1 Å². The SMILES string of the molecule is COCCOCCOCCOCCN(Cc1ccccc1)Cc1ccccc1. The highest BCUT2D eigenvalue weighted by Gasteiger charge is 2.07. The van der Waals surface area contributed by atoms with E-state index in [1.807, 2.05) is 0 Å². The summed E-state index contributed by atoms with van der Waals surface area (Å²) in [6, 6.07) is 21.1. The molecule has 2 rings (SSSR count). The molecule has 0 heterocycles. The van der Waals surface area contributed by atoms with Gasteiger partial charge in [0.2, 0.25) is 0 Å². The van der Waals surface area contributed by atoms with Crippen LogP contribution in [0.5, 0.6) is 0 Å². The van der Waals surface area contributed by atoms with E-state index in [0.29, 0.717) is 46.2 Å². The van der Waals surface area contributed by atoms with Gasteiger partial charge in [-0.25, -0.2) is 0 Å². The van der Waals surface area contributed by atoms with E-state index in [9.17, 15) is 0 Å². The standard InChI is InChI=1S/C23H33NO4/c1-25-14-15-27-18-19-28-17-16-26-13-12-24(20-22-8-4-2-5-9-22)21-23-10-6-3-7-11-23/h2-11H,12-21H2,1H3. The van der Waals surface area contributed by atoms with Gasteiger partial charge in [-0.2, -0.15) is 0 Å². The average molecular weight is 388 g/mol. The lowest BCUT2D eigenvalue weighted by Crippen LogP contribution is -2.27. The Balaban J connectivity index is 1.62. The number of nitrogens with zero attached hydrogens (tertiary/aromatic N) is 1. The van der Waals surface area contributed by atoms with E-state index >= 15 is 0 Å². The third kappa shape index (κ3) is 10.5. The van der Waals surface area contributed by atoms with E-state index in [2.05, 4.69) is 65.6 Å². The molecule has 5 heteroatoms.